The van der Waals surface area contributed by atoms with E-state index in [-0.39, 0.29) is 28.6 Å². The third-order valence-electron chi connectivity index (χ3n) is 10.2. The van der Waals surface area contributed by atoms with Gasteiger partial charge in [0.2, 0.25) is 5.91 Å². The summed E-state index contributed by atoms with van der Waals surface area (Å²) in [6, 6.07) is -0.0979. The van der Waals surface area contributed by atoms with Crippen molar-refractivity contribution in [2.24, 2.45) is 28.6 Å². The van der Waals surface area contributed by atoms with Crippen LogP contribution in [0.5, 0.6) is 0 Å². The number of hydrogen-bond donors (Lipinski definition) is 1. The molecule has 0 aromatic carbocycles. The minimum Gasteiger partial charge on any atom is -0.350 e. The summed E-state index contributed by atoms with van der Waals surface area (Å²) in [6.45, 7) is 6.70. The van der Waals surface area contributed by atoms with E-state index in [1.54, 1.807) is 12.2 Å². The zero-order valence-electron chi connectivity index (χ0n) is 22.4. The van der Waals surface area contributed by atoms with Crippen molar-refractivity contribution in [1.29, 1.82) is 0 Å². The number of ketones is 2. The molecule has 0 radical (unpaired) electrons. The third-order valence-corrected chi connectivity index (χ3v) is 10.2. The van der Waals surface area contributed by atoms with Gasteiger partial charge in [-0.1, -0.05) is 78.2 Å². The Balaban J connectivity index is 1.36. The molecule has 194 valence electrons. The standard InChI is InChI=1S/C31H47NO3/c1-4-5-6-7-8-9-10-11-12-13-29(35)32-27-21-23-24-14-15-28(34)31(24,3)19-17-25(23)30(2)18-16-22(33)20-26(27)30/h16,18,20,23-25,27H,4-15,17,19,21H2,1-3H3,(H,32,35)/t23-,24-,25-,27+,30+,31-/m0/s1. The second kappa shape index (κ2) is 11.1. The molecule has 4 nitrogen and oxygen atoms in total. The summed E-state index contributed by atoms with van der Waals surface area (Å²) in [5.74, 6) is 1.84. The fourth-order valence-corrected chi connectivity index (χ4v) is 8.05. The molecule has 1 N–H and O–H groups in total. The zero-order chi connectivity index (χ0) is 25.1. The number of amides is 1. The van der Waals surface area contributed by atoms with Gasteiger partial charge in [-0.2, -0.15) is 0 Å². The van der Waals surface area contributed by atoms with Crippen molar-refractivity contribution in [2.75, 3.05) is 0 Å². The Morgan fingerprint density at radius 1 is 0.971 bits per heavy atom. The van der Waals surface area contributed by atoms with E-state index in [1.807, 2.05) is 0 Å². The lowest BCUT2D eigenvalue weighted by molar-refractivity contribution is -0.132. The van der Waals surface area contributed by atoms with Gasteiger partial charge >= 0.3 is 0 Å². The number of hydrogen-bond acceptors (Lipinski definition) is 3. The summed E-state index contributed by atoms with van der Waals surface area (Å²) >= 11 is 0. The highest BCUT2D eigenvalue weighted by molar-refractivity contribution is 6.01. The highest BCUT2D eigenvalue weighted by atomic mass is 16.2. The molecule has 0 heterocycles. The van der Waals surface area contributed by atoms with Gasteiger partial charge in [-0.3, -0.25) is 14.4 Å². The van der Waals surface area contributed by atoms with Crippen LogP contribution in [0.2, 0.25) is 0 Å². The minimum absolute atomic E-state index is 0.0332. The van der Waals surface area contributed by atoms with Crippen LogP contribution in [0.3, 0.4) is 0 Å². The summed E-state index contributed by atoms with van der Waals surface area (Å²) in [4.78, 5) is 38.1. The normalized spacial score (nSPS) is 35.8. The molecular weight excluding hydrogens is 434 g/mol. The summed E-state index contributed by atoms with van der Waals surface area (Å²) in [7, 11) is 0. The van der Waals surface area contributed by atoms with Crippen LogP contribution in [-0.2, 0) is 14.4 Å². The number of rotatable bonds is 11. The SMILES string of the molecule is CCCCCCCCCCCC(=O)N[C@@H]1C[C@@H]2[C@H](CC[C@]3(C)C(=O)CC[C@@H]23)[C@@]2(C)C=CC(=O)C=C12. The quantitative estimate of drug-likeness (QED) is 0.327. The molecule has 0 bridgehead atoms. The van der Waals surface area contributed by atoms with Crippen LogP contribution in [0.4, 0.5) is 0 Å². The molecule has 4 rings (SSSR count). The Bertz CT molecular complexity index is 872. The second-order valence-electron chi connectivity index (χ2n) is 12.3. The van der Waals surface area contributed by atoms with Crippen LogP contribution in [0.15, 0.2) is 23.8 Å². The molecule has 4 aliphatic rings. The van der Waals surface area contributed by atoms with E-state index in [0.717, 1.165) is 44.1 Å². The smallest absolute Gasteiger partial charge is 0.220 e. The van der Waals surface area contributed by atoms with E-state index >= 15 is 0 Å². The maximum Gasteiger partial charge on any atom is 0.220 e. The van der Waals surface area contributed by atoms with E-state index in [1.165, 1.54) is 44.9 Å². The number of Topliss-reactive ketones (excluding diaryl/α,β-unsaturated/α-hetero) is 1. The lowest BCUT2D eigenvalue weighted by atomic mass is 9.47. The van der Waals surface area contributed by atoms with Crippen LogP contribution < -0.4 is 5.32 Å². The third kappa shape index (κ3) is 5.37. The largest absolute Gasteiger partial charge is 0.350 e. The average Bonchev–Trinajstić information content (AvgIpc) is 3.13. The van der Waals surface area contributed by atoms with Crippen molar-refractivity contribution < 1.29 is 14.4 Å². The number of allylic oxidation sites excluding steroid dienone is 3. The fourth-order valence-electron chi connectivity index (χ4n) is 8.05. The Morgan fingerprint density at radius 2 is 1.66 bits per heavy atom. The average molecular weight is 482 g/mol. The van der Waals surface area contributed by atoms with Gasteiger partial charge in [0.25, 0.3) is 0 Å². The predicted octanol–water partition coefficient (Wildman–Crippen LogP) is 6.88. The van der Waals surface area contributed by atoms with Gasteiger partial charge in [-0.15, -0.1) is 0 Å². The van der Waals surface area contributed by atoms with Gasteiger partial charge in [0.05, 0.1) is 6.04 Å². The summed E-state index contributed by atoms with van der Waals surface area (Å²) in [5, 5.41) is 3.35. The number of fused-ring (bicyclic) bond motifs is 5. The van der Waals surface area contributed by atoms with Crippen molar-refractivity contribution in [3.63, 3.8) is 0 Å². The maximum atomic E-state index is 13.0. The summed E-state index contributed by atoms with van der Waals surface area (Å²) in [5.41, 5.74) is 0.692. The lowest BCUT2D eigenvalue weighted by Crippen LogP contribution is -2.56. The van der Waals surface area contributed by atoms with Gasteiger partial charge in [0, 0.05) is 23.7 Å². The van der Waals surface area contributed by atoms with Crippen molar-refractivity contribution in [3.8, 4) is 0 Å². The molecule has 0 saturated heterocycles. The highest BCUT2D eigenvalue weighted by Gasteiger charge is 2.60. The number of unbranched alkanes of at least 4 members (excludes halogenated alkanes) is 8. The molecule has 0 aromatic heterocycles. The molecule has 0 spiro atoms. The molecule has 0 unspecified atom stereocenters. The Morgan fingerprint density at radius 3 is 2.37 bits per heavy atom. The monoisotopic (exact) mass is 481 g/mol. The molecule has 1 amide bonds. The molecule has 3 fully saturated rings. The second-order valence-corrected chi connectivity index (χ2v) is 12.3. The van der Waals surface area contributed by atoms with Crippen molar-refractivity contribution in [3.05, 3.63) is 23.8 Å². The molecule has 4 heteroatoms. The van der Waals surface area contributed by atoms with E-state index in [4.69, 9.17) is 0 Å². The van der Waals surface area contributed by atoms with Gasteiger partial charge in [-0.25, -0.2) is 0 Å². The van der Waals surface area contributed by atoms with Crippen molar-refractivity contribution >= 4 is 17.5 Å². The first-order valence-electron chi connectivity index (χ1n) is 14.6. The number of nitrogens with one attached hydrogen (secondary N) is 1. The number of carbonyl (C=O) groups excluding carboxylic acids is 3. The lowest BCUT2D eigenvalue weighted by Gasteiger charge is -2.57. The first kappa shape index (κ1) is 26.4. The van der Waals surface area contributed by atoms with Gasteiger partial charge in [0.1, 0.15) is 5.78 Å². The molecular formula is C31H47NO3. The predicted molar refractivity (Wildman–Crippen MR) is 141 cm³/mol. The molecule has 6 atom stereocenters. The van der Waals surface area contributed by atoms with Crippen LogP contribution in [-0.4, -0.2) is 23.5 Å². The molecule has 35 heavy (non-hydrogen) atoms. The zero-order valence-corrected chi connectivity index (χ0v) is 22.4. The summed E-state index contributed by atoms with van der Waals surface area (Å²) in [6.07, 6.45) is 21.9. The van der Waals surface area contributed by atoms with Gasteiger partial charge in [0.15, 0.2) is 5.78 Å². The van der Waals surface area contributed by atoms with Gasteiger partial charge < -0.3 is 5.32 Å². The first-order valence-corrected chi connectivity index (χ1v) is 14.6. The van der Waals surface area contributed by atoms with E-state index < -0.39 is 0 Å². The molecule has 4 aliphatic carbocycles. The topological polar surface area (TPSA) is 63.2 Å². The van der Waals surface area contributed by atoms with Crippen LogP contribution in [0.1, 0.15) is 117 Å². The highest BCUT2D eigenvalue weighted by Crippen LogP contribution is 2.63. The van der Waals surface area contributed by atoms with Crippen LogP contribution >= 0.6 is 0 Å². The van der Waals surface area contributed by atoms with E-state index in [0.29, 0.717) is 36.4 Å². The van der Waals surface area contributed by atoms with Crippen LogP contribution in [0, 0.1) is 28.6 Å². The fraction of sp³-hybridized carbons (Fsp3) is 0.774. The number of carbonyl (C=O) groups is 3. The maximum absolute atomic E-state index is 13.0. The minimum atomic E-state index is -0.209. The van der Waals surface area contributed by atoms with E-state index in [9.17, 15) is 14.4 Å². The van der Waals surface area contributed by atoms with Crippen molar-refractivity contribution in [2.45, 2.75) is 123 Å². The van der Waals surface area contributed by atoms with Crippen molar-refractivity contribution in [1.82, 2.24) is 5.32 Å². The molecule has 3 saturated carbocycles. The van der Waals surface area contributed by atoms with Gasteiger partial charge in [-0.05, 0) is 67.6 Å². The Kier molecular flexibility index (Phi) is 8.38. The molecule has 0 aromatic rings. The summed E-state index contributed by atoms with van der Waals surface area (Å²) < 4.78 is 0. The molecule has 0 aliphatic heterocycles. The van der Waals surface area contributed by atoms with Crippen LogP contribution in [0.25, 0.3) is 0 Å². The Hall–Kier alpha value is -1.71. The first-order chi connectivity index (χ1) is 16.8. The Labute approximate surface area is 212 Å². The van der Waals surface area contributed by atoms with E-state index in [2.05, 4.69) is 32.2 Å².